The Balaban J connectivity index is 2.04. The molecule has 0 amide bonds. The topological polar surface area (TPSA) is 59.4 Å². The van der Waals surface area contributed by atoms with Crippen molar-refractivity contribution in [1.29, 1.82) is 0 Å². The number of aliphatic hydroxyl groups is 1. The van der Waals surface area contributed by atoms with Gasteiger partial charge in [0.15, 0.2) is 0 Å². The fourth-order valence-electron chi connectivity index (χ4n) is 1.97. The number of halogens is 4. The summed E-state index contributed by atoms with van der Waals surface area (Å²) in [5, 5.41) is 9.59. The number of aromatic nitrogens is 1. The molecule has 1 aromatic heterocycles. The molecule has 0 aliphatic heterocycles. The van der Waals surface area contributed by atoms with Gasteiger partial charge in [-0.2, -0.15) is 13.2 Å². The summed E-state index contributed by atoms with van der Waals surface area (Å²) in [5.74, 6) is -0.931. The predicted octanol–water partition coefficient (Wildman–Crippen LogP) is 4.09. The van der Waals surface area contributed by atoms with Crippen LogP contribution < -0.4 is 0 Å². The Morgan fingerprint density at radius 3 is 2.68 bits per heavy atom. The minimum Gasteiger partial charge on any atom is -0.457 e. The van der Waals surface area contributed by atoms with Crippen LogP contribution in [0.4, 0.5) is 13.2 Å². The van der Waals surface area contributed by atoms with Crippen LogP contribution in [0.25, 0.3) is 0 Å². The van der Waals surface area contributed by atoms with Gasteiger partial charge in [-0.15, -0.1) is 0 Å². The van der Waals surface area contributed by atoms with Crippen LogP contribution in [-0.2, 0) is 22.3 Å². The molecule has 132 valence electrons. The molecule has 8 heteroatoms. The summed E-state index contributed by atoms with van der Waals surface area (Å²) in [7, 11) is 0. The number of pyridine rings is 1. The molecule has 0 saturated carbocycles. The van der Waals surface area contributed by atoms with Gasteiger partial charge in [-0.05, 0) is 23.8 Å². The Bertz CT molecular complexity index is 778. The smallest absolute Gasteiger partial charge is 0.417 e. The lowest BCUT2D eigenvalue weighted by Gasteiger charge is -2.14. The molecule has 4 nitrogen and oxygen atoms in total. The first-order valence-electron chi connectivity index (χ1n) is 6.99. The maximum atomic E-state index is 12.8. The largest absolute Gasteiger partial charge is 0.457 e. The highest BCUT2D eigenvalue weighted by atomic mass is 35.5. The van der Waals surface area contributed by atoms with Gasteiger partial charge >= 0.3 is 12.1 Å². The summed E-state index contributed by atoms with van der Waals surface area (Å²) in [6.07, 6.45) is -3.08. The van der Waals surface area contributed by atoms with E-state index < -0.39 is 35.4 Å². The minimum atomic E-state index is -4.61. The molecule has 0 bridgehead atoms. The van der Waals surface area contributed by atoms with Crippen molar-refractivity contribution in [2.45, 2.75) is 18.9 Å². The monoisotopic (exact) mass is 371 g/mol. The molecule has 0 saturated heterocycles. The lowest BCUT2D eigenvalue weighted by molar-refractivity contribution is -0.141. The Morgan fingerprint density at radius 2 is 2.08 bits per heavy atom. The van der Waals surface area contributed by atoms with Crippen LogP contribution in [0, 0.1) is 0 Å². The molecule has 0 aliphatic rings. The molecule has 0 aliphatic carbocycles. The third kappa shape index (κ3) is 4.80. The Labute approximate surface area is 146 Å². The van der Waals surface area contributed by atoms with Crippen LogP contribution in [0.3, 0.4) is 0 Å². The van der Waals surface area contributed by atoms with E-state index in [-0.39, 0.29) is 11.1 Å². The molecular formula is C17H13ClF3NO3. The lowest BCUT2D eigenvalue weighted by Crippen LogP contribution is -2.14. The number of carbonyl (C=O) groups is 1. The van der Waals surface area contributed by atoms with E-state index in [1.165, 1.54) is 18.5 Å². The second-order valence-electron chi connectivity index (χ2n) is 5.10. The van der Waals surface area contributed by atoms with E-state index in [0.29, 0.717) is 5.56 Å². The highest BCUT2D eigenvalue weighted by molar-refractivity contribution is 6.31. The quantitative estimate of drug-likeness (QED) is 0.635. The first-order valence-corrected chi connectivity index (χ1v) is 7.37. The minimum absolute atomic E-state index is 0.105. The summed E-state index contributed by atoms with van der Waals surface area (Å²) < 4.78 is 43.3. The number of aliphatic hydroxyl groups excluding tert-OH is 1. The molecule has 1 atom stereocenters. The van der Waals surface area contributed by atoms with Crippen LogP contribution in [0.2, 0.25) is 5.02 Å². The van der Waals surface area contributed by atoms with E-state index in [1.54, 1.807) is 12.1 Å². The highest BCUT2D eigenvalue weighted by Gasteiger charge is 2.33. The van der Waals surface area contributed by atoms with Crippen molar-refractivity contribution in [3.05, 3.63) is 76.6 Å². The molecule has 1 N–H and O–H groups in total. The van der Waals surface area contributed by atoms with Gasteiger partial charge in [0.05, 0.1) is 16.2 Å². The van der Waals surface area contributed by atoms with Crippen LogP contribution in [0.15, 0.2) is 54.9 Å². The number of rotatable bonds is 5. The lowest BCUT2D eigenvalue weighted by atomic mass is 10.1. The molecule has 0 fully saturated rings. The average Bonchev–Trinajstić information content (AvgIpc) is 2.59. The van der Waals surface area contributed by atoms with Crippen molar-refractivity contribution in [3.8, 4) is 0 Å². The molecular weight excluding hydrogens is 359 g/mol. The van der Waals surface area contributed by atoms with Gasteiger partial charge in [0.2, 0.25) is 0 Å². The average molecular weight is 372 g/mol. The molecule has 2 rings (SSSR count). The predicted molar refractivity (Wildman–Crippen MR) is 84.6 cm³/mol. The van der Waals surface area contributed by atoms with Crippen molar-refractivity contribution in [2.24, 2.45) is 0 Å². The molecule has 0 spiro atoms. The second kappa shape index (κ2) is 7.67. The number of ether oxygens (including phenoxy) is 1. The summed E-state index contributed by atoms with van der Waals surface area (Å²) >= 11 is 5.52. The van der Waals surface area contributed by atoms with E-state index >= 15 is 0 Å². The van der Waals surface area contributed by atoms with Gasteiger partial charge in [0.1, 0.15) is 12.7 Å². The first-order chi connectivity index (χ1) is 11.7. The van der Waals surface area contributed by atoms with Gasteiger partial charge in [-0.25, -0.2) is 4.79 Å². The molecule has 0 radical (unpaired) electrons. The molecule has 1 heterocycles. The van der Waals surface area contributed by atoms with Gasteiger partial charge in [-0.1, -0.05) is 30.3 Å². The molecule has 2 aromatic rings. The van der Waals surface area contributed by atoms with Crippen molar-refractivity contribution in [3.63, 3.8) is 0 Å². The van der Waals surface area contributed by atoms with Gasteiger partial charge in [0.25, 0.3) is 0 Å². The van der Waals surface area contributed by atoms with Gasteiger partial charge in [0, 0.05) is 18.0 Å². The number of hydrogen-bond donors (Lipinski definition) is 1. The summed E-state index contributed by atoms with van der Waals surface area (Å²) in [4.78, 5) is 15.7. The van der Waals surface area contributed by atoms with Crippen LogP contribution >= 0.6 is 11.6 Å². The van der Waals surface area contributed by atoms with Gasteiger partial charge in [-0.3, -0.25) is 4.98 Å². The molecule has 25 heavy (non-hydrogen) atoms. The zero-order valence-electron chi connectivity index (χ0n) is 12.8. The fourth-order valence-corrected chi connectivity index (χ4v) is 2.20. The van der Waals surface area contributed by atoms with Crippen molar-refractivity contribution < 1.29 is 27.8 Å². The maximum Gasteiger partial charge on any atom is 0.417 e. The summed E-state index contributed by atoms with van der Waals surface area (Å²) in [6, 6.07) is 6.31. The number of hydrogen-bond acceptors (Lipinski definition) is 4. The Morgan fingerprint density at radius 1 is 1.36 bits per heavy atom. The van der Waals surface area contributed by atoms with Crippen LogP contribution in [-0.4, -0.2) is 16.1 Å². The fraction of sp³-hybridized carbons (Fsp3) is 0.176. The van der Waals surface area contributed by atoms with E-state index in [2.05, 4.69) is 11.6 Å². The maximum absolute atomic E-state index is 12.8. The zero-order chi connectivity index (χ0) is 18.6. The number of esters is 1. The molecule has 1 unspecified atom stereocenters. The number of carbonyl (C=O) groups excluding carboxylic acids is 1. The third-order valence-corrected chi connectivity index (χ3v) is 3.63. The standard InChI is InChI=1S/C17H13ClF3NO3/c1-10(15(23)12-3-2-6-22-8-12)16(24)25-9-11-4-5-14(18)13(7-11)17(19,20)21/h2-8,15,23H,1,9H2. The normalized spacial score (nSPS) is 12.5. The van der Waals surface area contributed by atoms with Crippen molar-refractivity contribution in [1.82, 2.24) is 4.98 Å². The molecule has 1 aromatic carbocycles. The second-order valence-corrected chi connectivity index (χ2v) is 5.51. The zero-order valence-corrected chi connectivity index (χ0v) is 13.5. The van der Waals surface area contributed by atoms with E-state index in [4.69, 9.17) is 16.3 Å². The van der Waals surface area contributed by atoms with E-state index in [1.807, 2.05) is 0 Å². The summed E-state index contributed by atoms with van der Waals surface area (Å²) in [6.45, 7) is 3.04. The SMILES string of the molecule is C=C(C(=O)OCc1ccc(Cl)c(C(F)(F)F)c1)C(O)c1cccnc1. The van der Waals surface area contributed by atoms with Crippen LogP contribution in [0.5, 0.6) is 0 Å². The summed E-state index contributed by atoms with van der Waals surface area (Å²) in [5.41, 5.74) is -0.820. The van der Waals surface area contributed by atoms with Crippen LogP contribution in [0.1, 0.15) is 22.8 Å². The number of alkyl halides is 3. The van der Waals surface area contributed by atoms with Crippen molar-refractivity contribution in [2.75, 3.05) is 0 Å². The Hall–Kier alpha value is -2.38. The highest BCUT2D eigenvalue weighted by Crippen LogP contribution is 2.35. The number of benzene rings is 1. The third-order valence-electron chi connectivity index (χ3n) is 3.30. The van der Waals surface area contributed by atoms with Gasteiger partial charge < -0.3 is 9.84 Å². The van der Waals surface area contributed by atoms with E-state index in [0.717, 1.165) is 12.1 Å². The number of nitrogens with zero attached hydrogens (tertiary/aromatic N) is 1. The van der Waals surface area contributed by atoms with E-state index in [9.17, 15) is 23.1 Å². The van der Waals surface area contributed by atoms with Crippen molar-refractivity contribution >= 4 is 17.6 Å². The Kier molecular flexibility index (Phi) is 5.81. The first kappa shape index (κ1) is 19.0.